The predicted octanol–water partition coefficient (Wildman–Crippen LogP) is 2.66. The molecule has 3 aliphatic rings. The van der Waals surface area contributed by atoms with Gasteiger partial charge in [-0.2, -0.15) is 0 Å². The van der Waals surface area contributed by atoms with E-state index in [4.69, 9.17) is 14.2 Å². The molecule has 1 amide bonds. The molecule has 5 heteroatoms. The van der Waals surface area contributed by atoms with Crippen LogP contribution in [0.15, 0.2) is 18.2 Å². The maximum atomic E-state index is 12.6. The number of carbonyl (C=O) groups excluding carboxylic acids is 1. The van der Waals surface area contributed by atoms with Gasteiger partial charge in [-0.05, 0) is 25.8 Å². The zero-order valence-electron chi connectivity index (χ0n) is 14.2. The van der Waals surface area contributed by atoms with Gasteiger partial charge in [0.15, 0.2) is 0 Å². The first-order valence-corrected chi connectivity index (χ1v) is 8.95. The van der Waals surface area contributed by atoms with Crippen molar-refractivity contribution in [3.8, 4) is 5.75 Å². The summed E-state index contributed by atoms with van der Waals surface area (Å²) in [6.07, 6.45) is 4.01. The molecule has 1 spiro atoms. The van der Waals surface area contributed by atoms with Gasteiger partial charge in [0, 0.05) is 31.4 Å². The van der Waals surface area contributed by atoms with Crippen molar-refractivity contribution in [2.75, 3.05) is 19.8 Å². The fraction of sp³-hybridized carbons (Fsp3) is 0.632. The maximum absolute atomic E-state index is 12.6. The summed E-state index contributed by atoms with van der Waals surface area (Å²) in [4.78, 5) is 12.6. The van der Waals surface area contributed by atoms with Gasteiger partial charge < -0.3 is 19.5 Å². The summed E-state index contributed by atoms with van der Waals surface area (Å²) < 4.78 is 17.4. The SMILES string of the molecule is Cc1ccc2c(c1)[C@@H](NC(=O)[C@H]1CCCO1)CC1(CCOCC1)O2. The average Bonchev–Trinajstić information content (AvgIpc) is 3.11. The average molecular weight is 331 g/mol. The Morgan fingerprint density at radius 3 is 2.83 bits per heavy atom. The molecule has 0 bridgehead atoms. The highest BCUT2D eigenvalue weighted by atomic mass is 16.5. The number of amides is 1. The summed E-state index contributed by atoms with van der Waals surface area (Å²) in [5, 5.41) is 3.23. The van der Waals surface area contributed by atoms with Crippen LogP contribution in [-0.2, 0) is 14.3 Å². The van der Waals surface area contributed by atoms with Gasteiger partial charge in [0.2, 0.25) is 5.91 Å². The van der Waals surface area contributed by atoms with E-state index in [1.807, 2.05) is 6.07 Å². The summed E-state index contributed by atoms with van der Waals surface area (Å²) >= 11 is 0. The molecule has 1 aromatic carbocycles. The molecule has 3 aliphatic heterocycles. The number of fused-ring (bicyclic) bond motifs is 1. The van der Waals surface area contributed by atoms with Gasteiger partial charge in [0.25, 0.3) is 0 Å². The van der Waals surface area contributed by atoms with E-state index in [1.165, 1.54) is 5.56 Å². The summed E-state index contributed by atoms with van der Waals surface area (Å²) in [7, 11) is 0. The fourth-order valence-electron chi connectivity index (χ4n) is 4.02. The Morgan fingerprint density at radius 2 is 2.08 bits per heavy atom. The molecule has 130 valence electrons. The molecule has 4 rings (SSSR count). The number of rotatable bonds is 2. The molecule has 0 aromatic heterocycles. The van der Waals surface area contributed by atoms with Gasteiger partial charge in [-0.15, -0.1) is 0 Å². The van der Waals surface area contributed by atoms with Crippen LogP contribution in [0.1, 0.15) is 49.3 Å². The third-order valence-electron chi connectivity index (χ3n) is 5.39. The second-order valence-corrected chi connectivity index (χ2v) is 7.21. The topological polar surface area (TPSA) is 56.8 Å². The van der Waals surface area contributed by atoms with Gasteiger partial charge in [-0.1, -0.05) is 17.7 Å². The zero-order chi connectivity index (χ0) is 16.6. The lowest BCUT2D eigenvalue weighted by Crippen LogP contribution is -2.49. The van der Waals surface area contributed by atoms with Crippen LogP contribution in [0.2, 0.25) is 0 Å². The van der Waals surface area contributed by atoms with Crippen molar-refractivity contribution < 1.29 is 19.0 Å². The summed E-state index contributed by atoms with van der Waals surface area (Å²) in [5.74, 6) is 0.903. The molecule has 2 atom stereocenters. The van der Waals surface area contributed by atoms with Crippen molar-refractivity contribution in [3.05, 3.63) is 29.3 Å². The Labute approximate surface area is 142 Å². The number of hydrogen-bond donors (Lipinski definition) is 1. The fourth-order valence-corrected chi connectivity index (χ4v) is 4.02. The van der Waals surface area contributed by atoms with Crippen molar-refractivity contribution in [1.82, 2.24) is 5.32 Å². The van der Waals surface area contributed by atoms with Crippen LogP contribution in [0.3, 0.4) is 0 Å². The van der Waals surface area contributed by atoms with E-state index >= 15 is 0 Å². The molecule has 3 heterocycles. The number of hydrogen-bond acceptors (Lipinski definition) is 4. The van der Waals surface area contributed by atoms with E-state index in [0.29, 0.717) is 19.8 Å². The molecule has 2 saturated heterocycles. The van der Waals surface area contributed by atoms with Crippen molar-refractivity contribution in [2.45, 2.75) is 56.8 Å². The summed E-state index contributed by atoms with van der Waals surface area (Å²) in [6.45, 7) is 4.18. The molecule has 1 aromatic rings. The normalized spacial score (nSPS) is 28.2. The molecule has 0 aliphatic carbocycles. The van der Waals surface area contributed by atoms with E-state index in [2.05, 4.69) is 24.4 Å². The Bertz CT molecular complexity index is 618. The van der Waals surface area contributed by atoms with Crippen LogP contribution in [0, 0.1) is 6.92 Å². The highest BCUT2D eigenvalue weighted by Gasteiger charge is 2.43. The lowest BCUT2D eigenvalue weighted by molar-refractivity contribution is -0.132. The van der Waals surface area contributed by atoms with Crippen LogP contribution in [0.25, 0.3) is 0 Å². The van der Waals surface area contributed by atoms with Crippen LogP contribution < -0.4 is 10.1 Å². The van der Waals surface area contributed by atoms with Gasteiger partial charge in [0.1, 0.15) is 17.5 Å². The molecule has 0 saturated carbocycles. The number of aryl methyl sites for hydroxylation is 1. The van der Waals surface area contributed by atoms with Crippen LogP contribution >= 0.6 is 0 Å². The lowest BCUT2D eigenvalue weighted by atomic mass is 9.81. The first-order valence-electron chi connectivity index (χ1n) is 8.95. The highest BCUT2D eigenvalue weighted by Crippen LogP contribution is 2.44. The van der Waals surface area contributed by atoms with E-state index in [0.717, 1.165) is 43.4 Å². The minimum atomic E-state index is -0.299. The third kappa shape index (κ3) is 3.03. The molecule has 1 N–H and O–H groups in total. The number of ether oxygens (including phenoxy) is 3. The van der Waals surface area contributed by atoms with Gasteiger partial charge in [-0.3, -0.25) is 4.79 Å². The quantitative estimate of drug-likeness (QED) is 0.905. The monoisotopic (exact) mass is 331 g/mol. The number of carbonyl (C=O) groups is 1. The molecular formula is C19H25NO4. The van der Waals surface area contributed by atoms with E-state index < -0.39 is 0 Å². The second-order valence-electron chi connectivity index (χ2n) is 7.21. The van der Waals surface area contributed by atoms with Crippen molar-refractivity contribution in [3.63, 3.8) is 0 Å². The van der Waals surface area contributed by atoms with Gasteiger partial charge >= 0.3 is 0 Å². The smallest absolute Gasteiger partial charge is 0.249 e. The first kappa shape index (κ1) is 15.9. The minimum Gasteiger partial charge on any atom is -0.487 e. The Balaban J connectivity index is 1.60. The van der Waals surface area contributed by atoms with Crippen LogP contribution in [-0.4, -0.2) is 37.4 Å². The predicted molar refractivity (Wildman–Crippen MR) is 89.1 cm³/mol. The largest absolute Gasteiger partial charge is 0.487 e. The summed E-state index contributed by atoms with van der Waals surface area (Å²) in [5.41, 5.74) is 2.03. The standard InChI is InChI=1S/C19H25NO4/c1-13-4-5-16-14(11-13)15(20-18(21)17-3-2-8-23-17)12-19(24-16)6-9-22-10-7-19/h4-5,11,15,17H,2-3,6-10,12H2,1H3,(H,20,21)/t15-,17+/m0/s1. The molecule has 2 fully saturated rings. The third-order valence-corrected chi connectivity index (χ3v) is 5.39. The lowest BCUT2D eigenvalue weighted by Gasteiger charge is -2.44. The molecular weight excluding hydrogens is 306 g/mol. The summed E-state index contributed by atoms with van der Waals surface area (Å²) in [6, 6.07) is 6.20. The Kier molecular flexibility index (Phi) is 4.22. The maximum Gasteiger partial charge on any atom is 0.249 e. The highest BCUT2D eigenvalue weighted by molar-refractivity contribution is 5.81. The second kappa shape index (κ2) is 6.37. The van der Waals surface area contributed by atoms with Gasteiger partial charge in [0.05, 0.1) is 19.3 Å². The molecule has 5 nitrogen and oxygen atoms in total. The first-order chi connectivity index (χ1) is 11.7. The van der Waals surface area contributed by atoms with E-state index in [9.17, 15) is 4.79 Å². The van der Waals surface area contributed by atoms with E-state index in [-0.39, 0.29) is 23.7 Å². The molecule has 24 heavy (non-hydrogen) atoms. The molecule has 0 unspecified atom stereocenters. The van der Waals surface area contributed by atoms with Crippen LogP contribution in [0.4, 0.5) is 0 Å². The number of nitrogens with one attached hydrogen (secondary N) is 1. The zero-order valence-corrected chi connectivity index (χ0v) is 14.2. The van der Waals surface area contributed by atoms with Gasteiger partial charge in [-0.25, -0.2) is 0 Å². The Hall–Kier alpha value is -1.59. The van der Waals surface area contributed by atoms with Crippen molar-refractivity contribution in [2.24, 2.45) is 0 Å². The minimum absolute atomic E-state index is 0.00839. The van der Waals surface area contributed by atoms with Crippen LogP contribution in [0.5, 0.6) is 5.75 Å². The van der Waals surface area contributed by atoms with Crippen molar-refractivity contribution >= 4 is 5.91 Å². The van der Waals surface area contributed by atoms with Crippen molar-refractivity contribution in [1.29, 1.82) is 0 Å². The Morgan fingerprint density at radius 1 is 1.25 bits per heavy atom. The van der Waals surface area contributed by atoms with E-state index in [1.54, 1.807) is 0 Å². The molecule has 0 radical (unpaired) electrons. The number of benzene rings is 1.